The topological polar surface area (TPSA) is 79.5 Å². The van der Waals surface area contributed by atoms with E-state index in [1.54, 1.807) is 13.0 Å². The summed E-state index contributed by atoms with van der Waals surface area (Å²) < 4.78 is 5.39. The fourth-order valence-corrected chi connectivity index (χ4v) is 3.90. The van der Waals surface area contributed by atoms with Crippen LogP contribution in [-0.4, -0.2) is 23.2 Å². The number of rotatable bonds is 7. The van der Waals surface area contributed by atoms with E-state index in [1.807, 2.05) is 18.2 Å². The van der Waals surface area contributed by atoms with Gasteiger partial charge in [-0.05, 0) is 49.8 Å². The lowest BCUT2D eigenvalue weighted by Gasteiger charge is -2.32. The summed E-state index contributed by atoms with van der Waals surface area (Å²) >= 11 is 0. The quantitative estimate of drug-likeness (QED) is 0.766. The Labute approximate surface area is 165 Å². The Hall–Kier alpha value is -2.40. The van der Waals surface area contributed by atoms with Crippen LogP contribution in [0.4, 0.5) is 0 Å². The monoisotopic (exact) mass is 383 g/mol. The Morgan fingerprint density at radius 1 is 1.14 bits per heavy atom. The second kappa shape index (κ2) is 9.20. The Bertz CT molecular complexity index is 851. The Morgan fingerprint density at radius 2 is 1.86 bits per heavy atom. The van der Waals surface area contributed by atoms with E-state index in [1.165, 1.54) is 5.56 Å². The number of benzene rings is 1. The molecule has 0 bridgehead atoms. The molecule has 1 fully saturated rings. The van der Waals surface area contributed by atoms with Gasteiger partial charge in [0.1, 0.15) is 11.3 Å². The van der Waals surface area contributed by atoms with Crippen LogP contribution in [0.25, 0.3) is 0 Å². The summed E-state index contributed by atoms with van der Waals surface area (Å²) in [6, 6.07) is 11.9. The zero-order valence-corrected chi connectivity index (χ0v) is 16.5. The molecule has 0 spiro atoms. The van der Waals surface area contributed by atoms with Gasteiger partial charge in [0, 0.05) is 13.0 Å². The molecule has 2 aromatic rings. The van der Waals surface area contributed by atoms with E-state index in [0.717, 1.165) is 32.1 Å². The summed E-state index contributed by atoms with van der Waals surface area (Å²) in [4.78, 5) is 24.9. The average Bonchev–Trinajstić information content (AvgIpc) is 2.67. The number of aliphatic hydroxyl groups is 1. The van der Waals surface area contributed by atoms with Gasteiger partial charge in [-0.1, -0.05) is 49.6 Å². The first kappa shape index (κ1) is 20.3. The molecule has 0 saturated heterocycles. The Kier molecular flexibility index (Phi) is 6.68. The summed E-state index contributed by atoms with van der Waals surface area (Å²) in [7, 11) is 0. The van der Waals surface area contributed by atoms with Gasteiger partial charge in [0.15, 0.2) is 0 Å². The van der Waals surface area contributed by atoms with E-state index in [-0.39, 0.29) is 12.1 Å². The van der Waals surface area contributed by atoms with Crippen molar-refractivity contribution in [2.24, 2.45) is 0 Å². The van der Waals surface area contributed by atoms with Crippen LogP contribution in [-0.2, 0) is 12.8 Å². The molecule has 3 rings (SSSR count). The molecule has 0 unspecified atom stereocenters. The maximum Gasteiger partial charge on any atom is 0.349 e. The van der Waals surface area contributed by atoms with Crippen LogP contribution in [0.5, 0.6) is 0 Å². The predicted molar refractivity (Wildman–Crippen MR) is 109 cm³/mol. The van der Waals surface area contributed by atoms with Crippen molar-refractivity contribution in [3.8, 4) is 0 Å². The normalized spacial score (nSPS) is 15.9. The van der Waals surface area contributed by atoms with E-state index >= 15 is 0 Å². The van der Waals surface area contributed by atoms with Crippen LogP contribution in [0, 0.1) is 6.92 Å². The van der Waals surface area contributed by atoms with E-state index in [2.05, 4.69) is 17.4 Å². The van der Waals surface area contributed by atoms with E-state index in [0.29, 0.717) is 30.6 Å². The standard InChI is InChI=1S/C23H29NO4/c1-17-15-19(12-8-11-18-9-4-2-5-10-18)28-22(26)20(17)21(25)24-16-23(27)13-6-3-7-14-23/h2,4-5,9-10,15,27H,3,6-8,11-14,16H2,1H3,(H,24,25). The maximum absolute atomic E-state index is 12.5. The van der Waals surface area contributed by atoms with Crippen molar-refractivity contribution >= 4 is 5.91 Å². The van der Waals surface area contributed by atoms with Crippen molar-refractivity contribution < 1.29 is 14.3 Å². The Balaban J connectivity index is 1.59. The summed E-state index contributed by atoms with van der Waals surface area (Å²) in [5.41, 5.74) is 0.422. The van der Waals surface area contributed by atoms with E-state index in [4.69, 9.17) is 4.42 Å². The lowest BCUT2D eigenvalue weighted by atomic mass is 9.85. The van der Waals surface area contributed by atoms with Crippen LogP contribution in [0.3, 0.4) is 0 Å². The summed E-state index contributed by atoms with van der Waals surface area (Å²) in [5.74, 6) is 0.127. The summed E-state index contributed by atoms with van der Waals surface area (Å²) in [5, 5.41) is 13.3. The molecule has 1 saturated carbocycles. The minimum Gasteiger partial charge on any atom is -0.427 e. The molecule has 1 aliphatic rings. The van der Waals surface area contributed by atoms with Crippen molar-refractivity contribution in [1.29, 1.82) is 0 Å². The average molecular weight is 383 g/mol. The minimum atomic E-state index is -0.862. The summed E-state index contributed by atoms with van der Waals surface area (Å²) in [6.07, 6.45) is 6.82. The molecule has 1 aromatic carbocycles. The van der Waals surface area contributed by atoms with Crippen LogP contribution in [0.2, 0.25) is 0 Å². The first-order chi connectivity index (χ1) is 13.5. The molecule has 1 heterocycles. The number of carbonyl (C=O) groups is 1. The lowest BCUT2D eigenvalue weighted by Crippen LogP contribution is -2.45. The molecule has 0 radical (unpaired) electrons. The minimum absolute atomic E-state index is 0.0335. The third-order valence-corrected chi connectivity index (χ3v) is 5.52. The van der Waals surface area contributed by atoms with Gasteiger partial charge in [-0.3, -0.25) is 4.79 Å². The molecular formula is C23H29NO4. The van der Waals surface area contributed by atoms with Crippen molar-refractivity contribution in [2.45, 2.75) is 63.9 Å². The van der Waals surface area contributed by atoms with Crippen molar-refractivity contribution in [2.75, 3.05) is 6.54 Å². The van der Waals surface area contributed by atoms with Gasteiger partial charge in [-0.2, -0.15) is 0 Å². The highest BCUT2D eigenvalue weighted by Crippen LogP contribution is 2.27. The maximum atomic E-state index is 12.5. The molecular weight excluding hydrogens is 354 g/mol. The highest BCUT2D eigenvalue weighted by atomic mass is 16.4. The fourth-order valence-electron chi connectivity index (χ4n) is 3.90. The van der Waals surface area contributed by atoms with Crippen LogP contribution in [0.15, 0.2) is 45.6 Å². The number of amides is 1. The van der Waals surface area contributed by atoms with Gasteiger partial charge in [0.05, 0.1) is 5.60 Å². The molecule has 1 aromatic heterocycles. The highest BCUT2D eigenvalue weighted by Gasteiger charge is 2.30. The van der Waals surface area contributed by atoms with Gasteiger partial charge in [-0.15, -0.1) is 0 Å². The molecule has 5 nitrogen and oxygen atoms in total. The third kappa shape index (κ3) is 5.32. The number of nitrogens with one attached hydrogen (secondary N) is 1. The van der Waals surface area contributed by atoms with Crippen LogP contribution in [0.1, 0.15) is 65.8 Å². The molecule has 28 heavy (non-hydrogen) atoms. The number of hydrogen-bond donors (Lipinski definition) is 2. The summed E-state index contributed by atoms with van der Waals surface area (Å²) in [6.45, 7) is 1.92. The molecule has 0 atom stereocenters. The Morgan fingerprint density at radius 3 is 2.54 bits per heavy atom. The van der Waals surface area contributed by atoms with Crippen LogP contribution < -0.4 is 10.9 Å². The SMILES string of the molecule is Cc1cc(CCCc2ccccc2)oc(=O)c1C(=O)NCC1(O)CCCCC1. The van der Waals surface area contributed by atoms with Gasteiger partial charge in [0.25, 0.3) is 5.91 Å². The zero-order chi connectivity index (χ0) is 20.0. The first-order valence-corrected chi connectivity index (χ1v) is 10.1. The molecule has 2 N–H and O–H groups in total. The largest absolute Gasteiger partial charge is 0.427 e. The van der Waals surface area contributed by atoms with E-state index < -0.39 is 17.1 Å². The second-order valence-corrected chi connectivity index (χ2v) is 7.87. The smallest absolute Gasteiger partial charge is 0.349 e. The van der Waals surface area contributed by atoms with Crippen molar-refractivity contribution in [3.05, 3.63) is 69.3 Å². The first-order valence-electron chi connectivity index (χ1n) is 10.1. The lowest BCUT2D eigenvalue weighted by molar-refractivity contribution is 0.00520. The van der Waals surface area contributed by atoms with Gasteiger partial charge in [-0.25, -0.2) is 4.79 Å². The predicted octanol–water partition coefficient (Wildman–Crippen LogP) is 3.55. The molecule has 1 aliphatic carbocycles. The van der Waals surface area contributed by atoms with E-state index in [9.17, 15) is 14.7 Å². The highest BCUT2D eigenvalue weighted by molar-refractivity contribution is 5.95. The van der Waals surface area contributed by atoms with Crippen molar-refractivity contribution in [3.63, 3.8) is 0 Å². The third-order valence-electron chi connectivity index (χ3n) is 5.52. The van der Waals surface area contributed by atoms with Gasteiger partial charge in [0.2, 0.25) is 0 Å². The van der Waals surface area contributed by atoms with Gasteiger partial charge < -0.3 is 14.8 Å². The number of carbonyl (C=O) groups excluding carboxylic acids is 1. The number of aryl methyl sites for hydroxylation is 3. The molecule has 5 heteroatoms. The van der Waals surface area contributed by atoms with Gasteiger partial charge >= 0.3 is 5.63 Å². The zero-order valence-electron chi connectivity index (χ0n) is 16.5. The molecule has 0 aliphatic heterocycles. The number of hydrogen-bond acceptors (Lipinski definition) is 4. The second-order valence-electron chi connectivity index (χ2n) is 7.87. The molecule has 1 amide bonds. The fraction of sp³-hybridized carbons (Fsp3) is 0.478. The van der Waals surface area contributed by atoms with Crippen LogP contribution >= 0.6 is 0 Å². The van der Waals surface area contributed by atoms with Crippen molar-refractivity contribution in [1.82, 2.24) is 5.32 Å². The molecule has 150 valence electrons.